The van der Waals surface area contributed by atoms with Gasteiger partial charge in [-0.05, 0) is 13.0 Å². The summed E-state index contributed by atoms with van der Waals surface area (Å²) in [5, 5.41) is 11.1. The monoisotopic (exact) mass is 298 g/mol. The van der Waals surface area contributed by atoms with E-state index in [9.17, 15) is 19.3 Å². The third kappa shape index (κ3) is 3.10. The fraction of sp³-hybridized carbons (Fsp3) is 0.462. The topological polar surface area (TPSA) is 81.9 Å². The van der Waals surface area contributed by atoms with E-state index >= 15 is 0 Å². The number of halogens is 1. The number of hydrogen-bond acceptors (Lipinski definition) is 6. The van der Waals surface area contributed by atoms with Crippen molar-refractivity contribution in [2.75, 3.05) is 31.7 Å². The van der Waals surface area contributed by atoms with Crippen molar-refractivity contribution in [3.05, 3.63) is 33.6 Å². The molecule has 1 aliphatic heterocycles. The molecule has 0 aromatic heterocycles. The smallest absolute Gasteiger partial charge is 0.340 e. The second-order valence-electron chi connectivity index (χ2n) is 4.70. The lowest BCUT2D eigenvalue weighted by molar-refractivity contribution is -0.384. The van der Waals surface area contributed by atoms with Crippen LogP contribution in [0, 0.1) is 15.9 Å². The molecule has 1 saturated heterocycles. The number of nitro groups is 1. The first-order valence-corrected chi connectivity index (χ1v) is 6.36. The quantitative estimate of drug-likeness (QED) is 0.480. The molecule has 0 saturated carbocycles. The maximum atomic E-state index is 13.8. The highest BCUT2D eigenvalue weighted by Gasteiger charge is 2.28. The Kier molecular flexibility index (Phi) is 4.37. The van der Waals surface area contributed by atoms with E-state index in [-0.39, 0.29) is 23.0 Å². The molecular weight excluding hydrogens is 283 g/mol. The van der Waals surface area contributed by atoms with Gasteiger partial charge < -0.3 is 14.4 Å². The van der Waals surface area contributed by atoms with Crippen molar-refractivity contribution in [2.24, 2.45) is 0 Å². The summed E-state index contributed by atoms with van der Waals surface area (Å²) in [6, 6.07) is 1.92. The van der Waals surface area contributed by atoms with Crippen molar-refractivity contribution in [1.29, 1.82) is 0 Å². The molecule has 1 atom stereocenters. The number of hydrogen-bond donors (Lipinski definition) is 0. The minimum absolute atomic E-state index is 0.106. The summed E-state index contributed by atoms with van der Waals surface area (Å²) in [4.78, 5) is 23.7. The predicted octanol–water partition coefficient (Wildman–Crippen LogP) is 1.75. The Labute approximate surface area is 120 Å². The van der Waals surface area contributed by atoms with Crippen LogP contribution in [0.5, 0.6) is 0 Å². The van der Waals surface area contributed by atoms with Gasteiger partial charge in [0.1, 0.15) is 11.5 Å². The van der Waals surface area contributed by atoms with Crippen molar-refractivity contribution in [2.45, 2.75) is 13.0 Å². The molecule has 7 nitrogen and oxygen atoms in total. The molecule has 0 N–H and O–H groups in total. The first-order chi connectivity index (χ1) is 9.93. The van der Waals surface area contributed by atoms with E-state index in [0.29, 0.717) is 19.7 Å². The van der Waals surface area contributed by atoms with Gasteiger partial charge in [-0.3, -0.25) is 10.1 Å². The van der Waals surface area contributed by atoms with Gasteiger partial charge in [0.25, 0.3) is 5.69 Å². The molecule has 0 bridgehead atoms. The summed E-state index contributed by atoms with van der Waals surface area (Å²) in [6.07, 6.45) is -0.106. The molecule has 1 heterocycles. The Morgan fingerprint density at radius 1 is 1.57 bits per heavy atom. The lowest BCUT2D eigenvalue weighted by atomic mass is 10.1. The van der Waals surface area contributed by atoms with E-state index in [0.717, 1.165) is 19.2 Å². The fourth-order valence-electron chi connectivity index (χ4n) is 2.25. The Morgan fingerprint density at radius 3 is 2.86 bits per heavy atom. The van der Waals surface area contributed by atoms with Gasteiger partial charge in [0.15, 0.2) is 0 Å². The molecule has 1 aromatic rings. The summed E-state index contributed by atoms with van der Waals surface area (Å²) in [7, 11) is 1.12. The molecule has 2 rings (SSSR count). The molecule has 0 amide bonds. The first kappa shape index (κ1) is 15.2. The fourth-order valence-corrected chi connectivity index (χ4v) is 2.25. The predicted molar refractivity (Wildman–Crippen MR) is 72.0 cm³/mol. The number of anilines is 1. The van der Waals surface area contributed by atoms with E-state index in [1.54, 1.807) is 4.90 Å². The van der Waals surface area contributed by atoms with E-state index in [4.69, 9.17) is 4.74 Å². The number of esters is 1. The van der Waals surface area contributed by atoms with E-state index in [1.165, 1.54) is 0 Å². The van der Waals surface area contributed by atoms with Gasteiger partial charge in [0.05, 0.1) is 36.4 Å². The largest absolute Gasteiger partial charge is 0.465 e. The summed E-state index contributed by atoms with van der Waals surface area (Å²) in [5.41, 5.74) is -0.511. The zero-order chi connectivity index (χ0) is 15.6. The molecule has 0 spiro atoms. The van der Waals surface area contributed by atoms with Crippen molar-refractivity contribution in [1.82, 2.24) is 0 Å². The number of carbonyl (C=O) groups is 1. The van der Waals surface area contributed by atoms with Crippen LogP contribution in [-0.2, 0) is 9.47 Å². The minimum Gasteiger partial charge on any atom is -0.465 e. The van der Waals surface area contributed by atoms with Gasteiger partial charge in [-0.2, -0.15) is 0 Å². The third-order valence-electron chi connectivity index (χ3n) is 3.25. The van der Waals surface area contributed by atoms with Crippen LogP contribution in [-0.4, -0.2) is 43.8 Å². The van der Waals surface area contributed by atoms with Crippen molar-refractivity contribution in [3.8, 4) is 0 Å². The maximum absolute atomic E-state index is 13.8. The second kappa shape index (κ2) is 6.04. The number of carbonyl (C=O) groups excluding carboxylic acids is 1. The molecule has 1 aliphatic rings. The molecule has 1 fully saturated rings. The first-order valence-electron chi connectivity index (χ1n) is 6.36. The van der Waals surface area contributed by atoms with Crippen LogP contribution in [0.25, 0.3) is 0 Å². The highest BCUT2D eigenvalue weighted by molar-refractivity contribution is 5.92. The number of nitro benzene ring substituents is 1. The van der Waals surface area contributed by atoms with Crippen LogP contribution in [0.15, 0.2) is 12.1 Å². The van der Waals surface area contributed by atoms with Crippen LogP contribution in [0.4, 0.5) is 15.8 Å². The van der Waals surface area contributed by atoms with E-state index in [2.05, 4.69) is 4.74 Å². The van der Waals surface area contributed by atoms with E-state index in [1.807, 2.05) is 6.92 Å². The number of nitrogens with zero attached hydrogens (tertiary/aromatic N) is 2. The van der Waals surface area contributed by atoms with E-state index < -0.39 is 16.7 Å². The highest BCUT2D eigenvalue weighted by atomic mass is 19.1. The van der Waals surface area contributed by atoms with Crippen molar-refractivity contribution < 1.29 is 23.6 Å². The molecule has 1 unspecified atom stereocenters. The van der Waals surface area contributed by atoms with Gasteiger partial charge in [0.2, 0.25) is 0 Å². The average molecular weight is 298 g/mol. The molecule has 0 aliphatic carbocycles. The zero-order valence-corrected chi connectivity index (χ0v) is 11.7. The molecule has 21 heavy (non-hydrogen) atoms. The van der Waals surface area contributed by atoms with Gasteiger partial charge in [-0.1, -0.05) is 0 Å². The molecule has 0 radical (unpaired) electrons. The highest BCUT2D eigenvalue weighted by Crippen LogP contribution is 2.32. The molecule has 8 heteroatoms. The Balaban J connectivity index is 2.50. The number of morpholine rings is 1. The van der Waals surface area contributed by atoms with Gasteiger partial charge >= 0.3 is 5.97 Å². The van der Waals surface area contributed by atoms with Gasteiger partial charge in [-0.15, -0.1) is 0 Å². The summed E-state index contributed by atoms with van der Waals surface area (Å²) in [5.74, 6) is -1.84. The Morgan fingerprint density at radius 2 is 2.29 bits per heavy atom. The van der Waals surface area contributed by atoms with Crippen LogP contribution in [0.3, 0.4) is 0 Å². The van der Waals surface area contributed by atoms with Gasteiger partial charge in [0, 0.05) is 13.1 Å². The number of rotatable bonds is 3. The van der Waals surface area contributed by atoms with Crippen LogP contribution in [0.1, 0.15) is 17.3 Å². The molecule has 114 valence electrons. The lowest BCUT2D eigenvalue weighted by Gasteiger charge is -2.32. The summed E-state index contributed by atoms with van der Waals surface area (Å²) >= 11 is 0. The van der Waals surface area contributed by atoms with Gasteiger partial charge in [-0.25, -0.2) is 9.18 Å². The average Bonchev–Trinajstić information content (AvgIpc) is 2.46. The third-order valence-corrected chi connectivity index (χ3v) is 3.25. The number of ether oxygens (including phenoxy) is 2. The standard InChI is InChI=1S/C13H15FN2O5/c1-8-7-15(3-4-21-8)11-5-9(13(17)20-2)10(14)6-12(11)16(18)19/h5-6,8H,3-4,7H2,1-2H3. The SMILES string of the molecule is COC(=O)c1cc(N2CCOC(C)C2)c([N+](=O)[O-])cc1F. The number of methoxy groups -OCH3 is 1. The molecule has 1 aromatic carbocycles. The maximum Gasteiger partial charge on any atom is 0.340 e. The Hall–Kier alpha value is -2.22. The number of benzene rings is 1. The van der Waals surface area contributed by atoms with Crippen LogP contribution < -0.4 is 4.90 Å². The molecular formula is C13H15FN2O5. The lowest BCUT2D eigenvalue weighted by Crippen LogP contribution is -2.41. The van der Waals surface area contributed by atoms with Crippen LogP contribution in [0.2, 0.25) is 0 Å². The zero-order valence-electron chi connectivity index (χ0n) is 11.7. The summed E-state index contributed by atoms with van der Waals surface area (Å²) in [6.45, 7) is 3.09. The van der Waals surface area contributed by atoms with Crippen molar-refractivity contribution in [3.63, 3.8) is 0 Å². The minimum atomic E-state index is -0.974. The van der Waals surface area contributed by atoms with Crippen molar-refractivity contribution >= 4 is 17.3 Å². The normalized spacial score (nSPS) is 18.4. The second-order valence-corrected chi connectivity index (χ2v) is 4.70. The Bertz CT molecular complexity index is 578. The summed E-state index contributed by atoms with van der Waals surface area (Å²) < 4.78 is 23.7. The van der Waals surface area contributed by atoms with Crippen LogP contribution >= 0.6 is 0 Å².